The van der Waals surface area contributed by atoms with Crippen LogP contribution >= 0.6 is 0 Å². The van der Waals surface area contributed by atoms with Crippen LogP contribution in [0.4, 0.5) is 0 Å². The molecule has 2 nitrogen and oxygen atoms in total. The summed E-state index contributed by atoms with van der Waals surface area (Å²) in [5.74, 6) is -0.251. The lowest BCUT2D eigenvalue weighted by Gasteiger charge is -2.02. The van der Waals surface area contributed by atoms with E-state index in [-0.39, 0.29) is 17.3 Å². The summed E-state index contributed by atoms with van der Waals surface area (Å²) in [6, 6.07) is 9.68. The minimum Gasteiger partial charge on any atom is -0.293 e. The Morgan fingerprint density at radius 2 is 1.88 bits per heavy atom. The van der Waals surface area contributed by atoms with Gasteiger partial charge in [0.15, 0.2) is 5.78 Å². The number of hydrogen-bond acceptors (Lipinski definition) is 2. The molecule has 82 valence electrons. The van der Waals surface area contributed by atoms with Crippen LogP contribution < -0.4 is 0 Å². The van der Waals surface area contributed by atoms with Crippen LogP contribution in [0.1, 0.15) is 25.0 Å². The molecular weight excluding hydrogens is 198 g/mol. The molecule has 0 fully saturated rings. The lowest BCUT2D eigenvalue weighted by molar-refractivity contribution is -0.117. The summed E-state index contributed by atoms with van der Waals surface area (Å²) in [7, 11) is 0. The largest absolute Gasteiger partial charge is 0.293 e. The molecule has 0 amide bonds. The molecule has 0 saturated heterocycles. The molecule has 1 aromatic carbocycles. The number of ketones is 1. The van der Waals surface area contributed by atoms with Crippen LogP contribution in [0.3, 0.4) is 0 Å². The van der Waals surface area contributed by atoms with Gasteiger partial charge < -0.3 is 0 Å². The summed E-state index contributed by atoms with van der Waals surface area (Å²) >= 11 is 0. The molecule has 0 saturated carbocycles. The standard InChI is InChI=1S/C14H15NO/c1-10(2)14(16)13(9-15)8-12-6-4-11(3)5-7-12/h4-8,10H,1-3H3/b13-8-. The highest BCUT2D eigenvalue weighted by Crippen LogP contribution is 2.12. The highest BCUT2D eigenvalue weighted by atomic mass is 16.1. The molecule has 0 radical (unpaired) electrons. The molecule has 2 heteroatoms. The van der Waals surface area contributed by atoms with Crippen molar-refractivity contribution in [1.29, 1.82) is 5.26 Å². The molecule has 0 atom stereocenters. The van der Waals surface area contributed by atoms with Gasteiger partial charge in [-0.15, -0.1) is 0 Å². The summed E-state index contributed by atoms with van der Waals surface area (Å²) in [4.78, 5) is 11.7. The number of Topliss-reactive ketones (excluding diaryl/α,β-unsaturated/α-hetero) is 1. The fraction of sp³-hybridized carbons (Fsp3) is 0.286. The number of carbonyl (C=O) groups excluding carboxylic acids is 1. The van der Waals surface area contributed by atoms with Crippen molar-refractivity contribution in [1.82, 2.24) is 0 Å². The summed E-state index contributed by atoms with van der Waals surface area (Å²) in [5, 5.41) is 8.92. The van der Waals surface area contributed by atoms with E-state index in [9.17, 15) is 4.79 Å². The van der Waals surface area contributed by atoms with Crippen molar-refractivity contribution in [3.05, 3.63) is 41.0 Å². The van der Waals surface area contributed by atoms with Crippen molar-refractivity contribution in [2.45, 2.75) is 20.8 Å². The Morgan fingerprint density at radius 3 is 2.31 bits per heavy atom. The van der Waals surface area contributed by atoms with E-state index < -0.39 is 0 Å². The van der Waals surface area contributed by atoms with Crippen molar-refractivity contribution in [3.63, 3.8) is 0 Å². The topological polar surface area (TPSA) is 40.9 Å². The van der Waals surface area contributed by atoms with Crippen LogP contribution in [0.2, 0.25) is 0 Å². The molecular formula is C14H15NO. The van der Waals surface area contributed by atoms with Gasteiger partial charge in [0.05, 0.1) is 5.57 Å². The molecule has 0 unspecified atom stereocenters. The maximum Gasteiger partial charge on any atom is 0.175 e. The highest BCUT2D eigenvalue weighted by molar-refractivity contribution is 6.04. The van der Waals surface area contributed by atoms with Crippen LogP contribution in [0.15, 0.2) is 29.8 Å². The third-order valence-corrected chi connectivity index (χ3v) is 2.30. The van der Waals surface area contributed by atoms with Crippen LogP contribution in [-0.4, -0.2) is 5.78 Å². The predicted octanol–water partition coefficient (Wildman–Crippen LogP) is 3.13. The second-order valence-corrected chi connectivity index (χ2v) is 4.10. The number of allylic oxidation sites excluding steroid dienone is 1. The number of nitrogens with zero attached hydrogens (tertiary/aromatic N) is 1. The van der Waals surface area contributed by atoms with Crippen LogP contribution in [0.5, 0.6) is 0 Å². The number of carbonyl (C=O) groups is 1. The molecule has 16 heavy (non-hydrogen) atoms. The molecule has 0 bridgehead atoms. The maximum atomic E-state index is 11.7. The quantitative estimate of drug-likeness (QED) is 0.571. The molecule has 0 spiro atoms. The van der Waals surface area contributed by atoms with Crippen molar-refractivity contribution >= 4 is 11.9 Å². The van der Waals surface area contributed by atoms with E-state index in [0.717, 1.165) is 11.1 Å². The van der Waals surface area contributed by atoms with Gasteiger partial charge in [0, 0.05) is 5.92 Å². The normalized spacial score (nSPS) is 11.3. The van der Waals surface area contributed by atoms with E-state index in [1.165, 1.54) is 0 Å². The first-order valence-electron chi connectivity index (χ1n) is 5.27. The molecule has 1 aromatic rings. The van der Waals surface area contributed by atoms with E-state index in [1.807, 2.05) is 37.3 Å². The third-order valence-electron chi connectivity index (χ3n) is 2.30. The van der Waals surface area contributed by atoms with Gasteiger partial charge in [-0.05, 0) is 18.6 Å². The Labute approximate surface area is 96.2 Å². The molecule has 0 aliphatic carbocycles. The zero-order valence-electron chi connectivity index (χ0n) is 9.82. The minimum atomic E-state index is -0.142. The number of hydrogen-bond donors (Lipinski definition) is 0. The average molecular weight is 213 g/mol. The number of rotatable bonds is 3. The fourth-order valence-electron chi connectivity index (χ4n) is 1.30. The molecule has 1 rings (SSSR count). The van der Waals surface area contributed by atoms with Gasteiger partial charge >= 0.3 is 0 Å². The summed E-state index contributed by atoms with van der Waals surface area (Å²) in [6.07, 6.45) is 1.64. The lowest BCUT2D eigenvalue weighted by atomic mass is 10.00. The van der Waals surface area contributed by atoms with Gasteiger partial charge in [-0.2, -0.15) is 5.26 Å². The van der Waals surface area contributed by atoms with Gasteiger partial charge in [-0.3, -0.25) is 4.79 Å². The Hall–Kier alpha value is -1.88. The van der Waals surface area contributed by atoms with Crippen molar-refractivity contribution in [2.75, 3.05) is 0 Å². The molecule has 0 aliphatic heterocycles. The van der Waals surface area contributed by atoms with Crippen molar-refractivity contribution < 1.29 is 4.79 Å². The fourth-order valence-corrected chi connectivity index (χ4v) is 1.30. The number of nitriles is 1. The van der Waals surface area contributed by atoms with Gasteiger partial charge in [0.2, 0.25) is 0 Å². The van der Waals surface area contributed by atoms with Crippen LogP contribution in [-0.2, 0) is 4.79 Å². The molecule has 0 aliphatic rings. The molecule has 0 N–H and O–H groups in total. The zero-order valence-corrected chi connectivity index (χ0v) is 9.82. The number of aryl methyl sites for hydroxylation is 1. The summed E-state index contributed by atoms with van der Waals surface area (Å²) in [5.41, 5.74) is 2.26. The SMILES string of the molecule is Cc1ccc(/C=C(/C#N)C(=O)C(C)C)cc1. The third kappa shape index (κ3) is 3.06. The Bertz CT molecular complexity index is 447. The smallest absolute Gasteiger partial charge is 0.175 e. The van der Waals surface area contributed by atoms with Gasteiger partial charge in [-0.25, -0.2) is 0 Å². The molecule has 0 heterocycles. The Balaban J connectivity index is 3.02. The van der Waals surface area contributed by atoms with E-state index in [4.69, 9.17) is 5.26 Å². The van der Waals surface area contributed by atoms with E-state index >= 15 is 0 Å². The second-order valence-electron chi connectivity index (χ2n) is 4.10. The average Bonchev–Trinajstić information content (AvgIpc) is 2.27. The first-order chi connectivity index (χ1) is 7.54. The van der Waals surface area contributed by atoms with Crippen molar-refractivity contribution in [2.24, 2.45) is 5.92 Å². The van der Waals surface area contributed by atoms with E-state index in [0.29, 0.717) is 0 Å². The minimum absolute atomic E-state index is 0.108. The van der Waals surface area contributed by atoms with Crippen molar-refractivity contribution in [3.8, 4) is 6.07 Å². The number of benzene rings is 1. The van der Waals surface area contributed by atoms with E-state index in [2.05, 4.69) is 0 Å². The second kappa shape index (κ2) is 5.27. The monoisotopic (exact) mass is 213 g/mol. The van der Waals surface area contributed by atoms with Gasteiger partial charge in [0.25, 0.3) is 0 Å². The first kappa shape index (κ1) is 12.2. The maximum absolute atomic E-state index is 11.7. The van der Waals surface area contributed by atoms with E-state index in [1.54, 1.807) is 19.9 Å². The van der Waals surface area contributed by atoms with Crippen LogP contribution in [0, 0.1) is 24.2 Å². The first-order valence-corrected chi connectivity index (χ1v) is 5.27. The Kier molecular flexibility index (Phi) is 4.02. The predicted molar refractivity (Wildman–Crippen MR) is 64.6 cm³/mol. The highest BCUT2D eigenvalue weighted by Gasteiger charge is 2.12. The van der Waals surface area contributed by atoms with Gasteiger partial charge in [0.1, 0.15) is 6.07 Å². The Morgan fingerprint density at radius 1 is 1.31 bits per heavy atom. The summed E-state index contributed by atoms with van der Waals surface area (Å²) < 4.78 is 0. The lowest BCUT2D eigenvalue weighted by Crippen LogP contribution is -2.08. The van der Waals surface area contributed by atoms with Crippen LogP contribution in [0.25, 0.3) is 6.08 Å². The van der Waals surface area contributed by atoms with Gasteiger partial charge in [-0.1, -0.05) is 43.7 Å². The summed E-state index contributed by atoms with van der Waals surface area (Å²) in [6.45, 7) is 5.59. The molecule has 0 aromatic heterocycles. The zero-order chi connectivity index (χ0) is 12.1.